The lowest BCUT2D eigenvalue weighted by Gasteiger charge is -2.65. The molecule has 4 N–H and O–H groups in total. The van der Waals surface area contributed by atoms with E-state index in [1.165, 1.54) is 11.1 Å². The summed E-state index contributed by atoms with van der Waals surface area (Å²) in [7, 11) is 3.96. The minimum absolute atomic E-state index is 0.0604. The fourth-order valence-corrected chi connectivity index (χ4v) is 9.89. The van der Waals surface area contributed by atoms with Crippen LogP contribution in [-0.2, 0) is 4.74 Å². The number of hydrogen-bond acceptors (Lipinski definition) is 6. The highest BCUT2D eigenvalue weighted by molar-refractivity contribution is 6.25. The number of nitrogens with two attached hydrogens (primary N) is 1. The number of fused-ring (bicyclic) bond motifs is 2. The Morgan fingerprint density at radius 1 is 1.08 bits per heavy atom. The van der Waals surface area contributed by atoms with Crippen LogP contribution in [0.1, 0.15) is 57.4 Å². The average molecular weight is 524 g/mol. The van der Waals surface area contributed by atoms with Gasteiger partial charge in [0.1, 0.15) is 5.82 Å². The van der Waals surface area contributed by atoms with E-state index in [9.17, 15) is 10.2 Å². The molecule has 7 heteroatoms. The fraction of sp³-hybridized carbons (Fsp3) is 0.633. The Morgan fingerprint density at radius 3 is 2.68 bits per heavy atom. The molecule has 1 aromatic carbocycles. The molecule has 6 nitrogen and oxygen atoms in total. The van der Waals surface area contributed by atoms with Gasteiger partial charge >= 0.3 is 0 Å². The highest BCUT2D eigenvalue weighted by Crippen LogP contribution is 2.73. The van der Waals surface area contributed by atoms with E-state index >= 15 is 0 Å². The van der Waals surface area contributed by atoms with Crippen molar-refractivity contribution in [2.24, 2.45) is 17.3 Å². The maximum Gasteiger partial charge on any atom is 0.131 e. The summed E-state index contributed by atoms with van der Waals surface area (Å²) in [4.78, 5) is 5.82. The number of halogens is 1. The lowest BCUT2D eigenvalue weighted by Crippen LogP contribution is -2.72. The maximum atomic E-state index is 11.3. The number of rotatable bonds is 2. The van der Waals surface area contributed by atoms with Gasteiger partial charge in [-0.25, -0.2) is 4.98 Å². The van der Waals surface area contributed by atoms with Crippen molar-refractivity contribution in [2.75, 3.05) is 19.8 Å². The fourth-order valence-electron chi connectivity index (χ4n) is 9.37. The molecule has 198 valence electrons. The van der Waals surface area contributed by atoms with Gasteiger partial charge < -0.3 is 25.6 Å². The summed E-state index contributed by atoms with van der Waals surface area (Å²) >= 11 is 7.63. The van der Waals surface area contributed by atoms with Crippen molar-refractivity contribution >= 4 is 33.8 Å². The third kappa shape index (κ3) is 3.00. The predicted molar refractivity (Wildman–Crippen MR) is 146 cm³/mol. The van der Waals surface area contributed by atoms with Crippen LogP contribution in [-0.4, -0.2) is 68.5 Å². The Kier molecular flexibility index (Phi) is 5.06. The number of aliphatic hydroxyl groups is 2. The van der Waals surface area contributed by atoms with Gasteiger partial charge in [-0.2, -0.15) is 0 Å². The number of nitrogen functional groups attached to an aromatic ring is 1. The number of aromatic nitrogens is 1. The Hall–Kier alpha value is -1.70. The molecule has 2 aliphatic heterocycles. The summed E-state index contributed by atoms with van der Waals surface area (Å²) in [6, 6.07) is 8.44. The molecule has 0 radical (unpaired) electrons. The van der Waals surface area contributed by atoms with Crippen LogP contribution in [0.15, 0.2) is 36.5 Å². The summed E-state index contributed by atoms with van der Waals surface area (Å²) in [5.41, 5.74) is 7.89. The van der Waals surface area contributed by atoms with Gasteiger partial charge in [0.05, 0.1) is 28.3 Å². The molecule has 37 heavy (non-hydrogen) atoms. The second-order valence-corrected chi connectivity index (χ2v) is 13.7. The molecule has 2 spiro atoms. The second-order valence-electron chi connectivity index (χ2n) is 13.0. The lowest BCUT2D eigenvalue weighted by atomic mass is 9.52. The molecule has 0 amide bonds. The van der Waals surface area contributed by atoms with Gasteiger partial charge in [0.2, 0.25) is 0 Å². The normalized spacial score (nSPS) is 46.5. The Balaban J connectivity index is 1.27. The Bertz CT molecular complexity index is 1320. The first-order valence-electron chi connectivity index (χ1n) is 13.8. The molecule has 3 unspecified atom stereocenters. The van der Waals surface area contributed by atoms with Crippen LogP contribution in [0.5, 0.6) is 0 Å². The zero-order chi connectivity index (χ0) is 26.0. The van der Waals surface area contributed by atoms with E-state index in [2.05, 4.69) is 36.2 Å². The molecule has 2 bridgehead atoms. The number of nitrogens with zero attached hydrogens (tertiary/aromatic N) is 2. The van der Waals surface area contributed by atoms with Gasteiger partial charge in [-0.3, -0.25) is 0 Å². The van der Waals surface area contributed by atoms with E-state index in [1.807, 2.05) is 25.1 Å². The summed E-state index contributed by atoms with van der Waals surface area (Å²) in [5.74, 6) is 0.695. The number of allylic oxidation sites excluding steroid dienone is 2. The topological polar surface area (TPSA) is 91.8 Å². The van der Waals surface area contributed by atoms with Crippen molar-refractivity contribution in [3.63, 3.8) is 0 Å². The third-order valence-electron chi connectivity index (χ3n) is 11.3. The summed E-state index contributed by atoms with van der Waals surface area (Å²) < 4.78 is 7.34. The number of likely N-dealkylation sites (N-methyl/N-ethyl adjacent to an activating group) is 1. The summed E-state index contributed by atoms with van der Waals surface area (Å²) in [5, 5.41) is 24.4. The van der Waals surface area contributed by atoms with Crippen molar-refractivity contribution in [3.05, 3.63) is 42.1 Å². The first kappa shape index (κ1) is 24.3. The average Bonchev–Trinajstić information content (AvgIpc) is 3.40. The van der Waals surface area contributed by atoms with E-state index < -0.39 is 28.3 Å². The van der Waals surface area contributed by atoms with E-state index in [0.29, 0.717) is 12.2 Å². The lowest BCUT2D eigenvalue weighted by molar-refractivity contribution is -0.276. The van der Waals surface area contributed by atoms with Crippen LogP contribution < -0.4 is 5.73 Å². The van der Waals surface area contributed by atoms with Crippen LogP contribution >= 0.6 is 11.6 Å². The van der Waals surface area contributed by atoms with E-state index in [4.69, 9.17) is 22.1 Å². The quantitative estimate of drug-likeness (QED) is 0.506. The van der Waals surface area contributed by atoms with E-state index in [-0.39, 0.29) is 23.3 Å². The number of aliphatic hydroxyl groups excluding tert-OH is 2. The SMILES string of the molecule is CN(C)[C@H]1C[C@@]23CC[C@]4(O2)C2CC=C(c5ccc6ccnc(N)c6c5)[C@@]2(C)CCC4(Cl)CC3[C@@H](O)[C@@H]1O. The predicted octanol–water partition coefficient (Wildman–Crippen LogP) is 4.36. The molecule has 5 aliphatic rings. The second kappa shape index (κ2) is 7.70. The van der Waals surface area contributed by atoms with Crippen LogP contribution in [0.4, 0.5) is 5.82 Å². The first-order chi connectivity index (χ1) is 17.5. The third-order valence-corrected chi connectivity index (χ3v) is 12.0. The minimum atomic E-state index is -0.824. The molecule has 1 aromatic heterocycles. The van der Waals surface area contributed by atoms with Gasteiger partial charge in [0, 0.05) is 29.5 Å². The van der Waals surface area contributed by atoms with E-state index in [1.54, 1.807) is 6.20 Å². The molecule has 3 aliphatic carbocycles. The zero-order valence-electron chi connectivity index (χ0n) is 22.0. The van der Waals surface area contributed by atoms with Crippen LogP contribution in [0.2, 0.25) is 0 Å². The van der Waals surface area contributed by atoms with E-state index in [0.717, 1.165) is 49.3 Å². The zero-order valence-corrected chi connectivity index (χ0v) is 22.7. The van der Waals surface area contributed by atoms with Gasteiger partial charge in [0.25, 0.3) is 0 Å². The van der Waals surface area contributed by atoms with Crippen molar-refractivity contribution in [3.8, 4) is 0 Å². The molecule has 3 heterocycles. The van der Waals surface area contributed by atoms with Crippen molar-refractivity contribution < 1.29 is 14.9 Å². The molecule has 2 aromatic rings. The number of pyridine rings is 1. The van der Waals surface area contributed by atoms with Crippen molar-refractivity contribution in [1.82, 2.24) is 9.88 Å². The number of ether oxygens (including phenoxy) is 1. The number of alkyl halides is 1. The molecule has 4 fully saturated rings. The van der Waals surface area contributed by atoms with Crippen molar-refractivity contribution in [2.45, 2.75) is 86.2 Å². The van der Waals surface area contributed by atoms with Gasteiger partial charge in [0.15, 0.2) is 0 Å². The molecular formula is C30H38ClN3O3. The molecule has 7 rings (SSSR count). The Morgan fingerprint density at radius 2 is 1.89 bits per heavy atom. The van der Waals surface area contributed by atoms with Crippen LogP contribution in [0, 0.1) is 17.3 Å². The highest BCUT2D eigenvalue weighted by atomic mass is 35.5. The summed E-state index contributed by atoms with van der Waals surface area (Å²) in [6.07, 6.45) is 8.54. The standard InChI is InChI=1S/C30H38ClN3O3/c1-27-9-11-29(31)15-21-24(35)25(36)22(34(2)3)16-28(21)10-12-30(29,37-28)23(27)7-6-20(27)18-5-4-17-8-13-33-26(32)19(17)14-18/h4-6,8,13-14,21-25,35-36H,7,9-12,15-16H2,1-3H3,(H2,32,33)/t21?,22-,23?,24+,25+,27+,28+,29?,30-/m0/s1. The van der Waals surface area contributed by atoms with Crippen LogP contribution in [0.25, 0.3) is 16.3 Å². The molecule has 9 atom stereocenters. The molecule has 2 saturated carbocycles. The van der Waals surface area contributed by atoms with Gasteiger partial charge in [-0.05, 0) is 93.1 Å². The molecular weight excluding hydrogens is 486 g/mol. The van der Waals surface area contributed by atoms with Crippen molar-refractivity contribution in [1.29, 1.82) is 0 Å². The first-order valence-corrected chi connectivity index (χ1v) is 14.2. The molecule has 2 saturated heterocycles. The highest BCUT2D eigenvalue weighted by Gasteiger charge is 2.76. The minimum Gasteiger partial charge on any atom is -0.390 e. The van der Waals surface area contributed by atoms with Gasteiger partial charge in [-0.15, -0.1) is 11.6 Å². The monoisotopic (exact) mass is 523 g/mol. The van der Waals surface area contributed by atoms with Crippen LogP contribution in [0.3, 0.4) is 0 Å². The number of hydrogen-bond donors (Lipinski definition) is 3. The van der Waals surface area contributed by atoms with Gasteiger partial charge in [-0.1, -0.05) is 25.1 Å². The smallest absolute Gasteiger partial charge is 0.131 e. The maximum absolute atomic E-state index is 11.3. The largest absolute Gasteiger partial charge is 0.390 e. The number of anilines is 1. The number of benzene rings is 1. The summed E-state index contributed by atoms with van der Waals surface area (Å²) in [6.45, 7) is 2.40. The Labute approximate surface area is 223 Å².